The van der Waals surface area contributed by atoms with Gasteiger partial charge in [0.15, 0.2) is 0 Å². The third-order valence-corrected chi connectivity index (χ3v) is 4.52. The largest absolute Gasteiger partial charge is 0.356 e. The van der Waals surface area contributed by atoms with Crippen molar-refractivity contribution in [2.24, 2.45) is 5.41 Å². The number of likely N-dealkylation sites (tertiary alicyclic amines) is 1. The number of amides is 2. The molecule has 20 heavy (non-hydrogen) atoms. The molecule has 2 aliphatic rings. The summed E-state index contributed by atoms with van der Waals surface area (Å²) in [5.41, 5.74) is 0.390. The van der Waals surface area contributed by atoms with Crippen LogP contribution in [0.4, 0.5) is 0 Å². The molecule has 0 saturated carbocycles. The fourth-order valence-corrected chi connectivity index (χ4v) is 3.22. The van der Waals surface area contributed by atoms with Crippen molar-refractivity contribution in [2.45, 2.75) is 25.7 Å². The average molecular weight is 273 g/mol. The molecule has 0 aromatic carbocycles. The first kappa shape index (κ1) is 13.1. The molecule has 1 N–H and O–H groups in total. The number of hydrogen-bond acceptors (Lipinski definition) is 3. The van der Waals surface area contributed by atoms with Gasteiger partial charge in [0, 0.05) is 32.0 Å². The Kier molecular flexibility index (Phi) is 3.42. The second kappa shape index (κ2) is 5.23. The molecule has 2 saturated heterocycles. The summed E-state index contributed by atoms with van der Waals surface area (Å²) in [4.78, 5) is 30.3. The van der Waals surface area contributed by atoms with E-state index in [0.29, 0.717) is 18.7 Å². The van der Waals surface area contributed by atoms with Gasteiger partial charge in [-0.25, -0.2) is 0 Å². The number of nitrogens with zero attached hydrogens (tertiary/aromatic N) is 2. The van der Waals surface area contributed by atoms with Gasteiger partial charge in [-0.3, -0.25) is 14.6 Å². The Morgan fingerprint density at radius 1 is 1.30 bits per heavy atom. The van der Waals surface area contributed by atoms with Crippen LogP contribution in [0, 0.1) is 5.41 Å². The SMILES string of the molecule is O=C(c1cccnc1)N1CCC2(CCCNC2=O)CC1. The first-order valence-corrected chi connectivity index (χ1v) is 7.19. The number of carbonyl (C=O) groups is 2. The number of hydrogen-bond donors (Lipinski definition) is 1. The Balaban J connectivity index is 1.67. The number of rotatable bonds is 1. The zero-order valence-corrected chi connectivity index (χ0v) is 11.5. The van der Waals surface area contributed by atoms with E-state index in [1.54, 1.807) is 24.5 Å². The number of piperidine rings is 2. The smallest absolute Gasteiger partial charge is 0.255 e. The molecule has 106 valence electrons. The van der Waals surface area contributed by atoms with Crippen molar-refractivity contribution in [1.82, 2.24) is 15.2 Å². The van der Waals surface area contributed by atoms with Gasteiger partial charge in [0.05, 0.1) is 11.0 Å². The maximum absolute atomic E-state index is 12.3. The fourth-order valence-electron chi connectivity index (χ4n) is 3.22. The van der Waals surface area contributed by atoms with E-state index in [9.17, 15) is 9.59 Å². The topological polar surface area (TPSA) is 62.3 Å². The van der Waals surface area contributed by atoms with Crippen LogP contribution in [0.5, 0.6) is 0 Å². The van der Waals surface area contributed by atoms with E-state index in [2.05, 4.69) is 10.3 Å². The van der Waals surface area contributed by atoms with E-state index >= 15 is 0 Å². The summed E-state index contributed by atoms with van der Waals surface area (Å²) in [6, 6.07) is 3.56. The molecule has 5 heteroatoms. The summed E-state index contributed by atoms with van der Waals surface area (Å²) in [6.07, 6.45) is 6.79. The fraction of sp³-hybridized carbons (Fsp3) is 0.533. The minimum absolute atomic E-state index is 0.0177. The lowest BCUT2D eigenvalue weighted by Gasteiger charge is -2.42. The molecule has 0 atom stereocenters. The monoisotopic (exact) mass is 273 g/mol. The van der Waals surface area contributed by atoms with E-state index in [1.807, 2.05) is 4.90 Å². The van der Waals surface area contributed by atoms with Crippen molar-refractivity contribution in [3.8, 4) is 0 Å². The van der Waals surface area contributed by atoms with Gasteiger partial charge in [-0.15, -0.1) is 0 Å². The highest BCUT2D eigenvalue weighted by atomic mass is 16.2. The number of carbonyl (C=O) groups excluding carboxylic acids is 2. The van der Waals surface area contributed by atoms with Crippen molar-refractivity contribution in [2.75, 3.05) is 19.6 Å². The van der Waals surface area contributed by atoms with Crippen LogP contribution < -0.4 is 5.32 Å². The van der Waals surface area contributed by atoms with Crippen LogP contribution in [0.3, 0.4) is 0 Å². The minimum Gasteiger partial charge on any atom is -0.356 e. The lowest BCUT2D eigenvalue weighted by molar-refractivity contribution is -0.136. The molecule has 1 spiro atoms. The van der Waals surface area contributed by atoms with Crippen LogP contribution in [0.2, 0.25) is 0 Å². The summed E-state index contributed by atoms with van der Waals surface area (Å²) in [5.74, 6) is 0.196. The van der Waals surface area contributed by atoms with Gasteiger partial charge in [0.25, 0.3) is 5.91 Å². The normalized spacial score (nSPS) is 21.6. The van der Waals surface area contributed by atoms with Gasteiger partial charge in [0.2, 0.25) is 5.91 Å². The van der Waals surface area contributed by atoms with E-state index in [0.717, 1.165) is 32.2 Å². The third kappa shape index (κ3) is 2.28. The van der Waals surface area contributed by atoms with Crippen LogP contribution in [-0.2, 0) is 4.79 Å². The maximum Gasteiger partial charge on any atom is 0.255 e. The van der Waals surface area contributed by atoms with Gasteiger partial charge < -0.3 is 10.2 Å². The van der Waals surface area contributed by atoms with Gasteiger partial charge >= 0.3 is 0 Å². The highest BCUT2D eigenvalue weighted by Crippen LogP contribution is 2.38. The predicted octanol–water partition coefficient (Wildman–Crippen LogP) is 1.21. The standard InChI is InChI=1S/C15H19N3O2/c19-13(12-3-1-7-16-11-12)18-9-5-15(6-10-18)4-2-8-17-14(15)20/h1,3,7,11H,2,4-6,8-10H2,(H,17,20). The van der Waals surface area contributed by atoms with Crippen LogP contribution >= 0.6 is 0 Å². The lowest BCUT2D eigenvalue weighted by Crippen LogP contribution is -2.52. The van der Waals surface area contributed by atoms with Crippen LogP contribution in [-0.4, -0.2) is 41.3 Å². The zero-order valence-electron chi connectivity index (χ0n) is 11.5. The molecule has 1 aromatic rings. The summed E-state index contributed by atoms with van der Waals surface area (Å²) < 4.78 is 0. The molecule has 2 fully saturated rings. The molecule has 0 radical (unpaired) electrons. The van der Waals surface area contributed by atoms with Gasteiger partial charge in [0.1, 0.15) is 0 Å². The maximum atomic E-state index is 12.3. The molecular weight excluding hydrogens is 254 g/mol. The predicted molar refractivity (Wildman–Crippen MR) is 74.1 cm³/mol. The molecular formula is C15H19N3O2. The molecule has 5 nitrogen and oxygen atoms in total. The van der Waals surface area contributed by atoms with Gasteiger partial charge in [-0.05, 0) is 37.8 Å². The van der Waals surface area contributed by atoms with Crippen LogP contribution in [0.25, 0.3) is 0 Å². The highest BCUT2D eigenvalue weighted by Gasteiger charge is 2.43. The molecule has 2 aliphatic heterocycles. The Labute approximate surface area is 118 Å². The van der Waals surface area contributed by atoms with Crippen molar-refractivity contribution >= 4 is 11.8 Å². The Morgan fingerprint density at radius 3 is 2.75 bits per heavy atom. The summed E-state index contributed by atoms with van der Waals surface area (Å²) in [5, 5.41) is 2.97. The molecule has 0 aliphatic carbocycles. The summed E-state index contributed by atoms with van der Waals surface area (Å²) in [6.45, 7) is 2.10. The van der Waals surface area contributed by atoms with Crippen molar-refractivity contribution in [1.29, 1.82) is 0 Å². The molecule has 2 amide bonds. The Hall–Kier alpha value is -1.91. The summed E-state index contributed by atoms with van der Waals surface area (Å²) >= 11 is 0. The van der Waals surface area contributed by atoms with Crippen LogP contribution in [0.1, 0.15) is 36.0 Å². The van der Waals surface area contributed by atoms with Crippen LogP contribution in [0.15, 0.2) is 24.5 Å². The molecule has 3 rings (SSSR count). The first-order valence-electron chi connectivity index (χ1n) is 7.19. The lowest BCUT2D eigenvalue weighted by atomic mass is 9.72. The third-order valence-electron chi connectivity index (χ3n) is 4.52. The van der Waals surface area contributed by atoms with E-state index in [1.165, 1.54) is 0 Å². The molecule has 3 heterocycles. The van der Waals surface area contributed by atoms with Crippen molar-refractivity contribution in [3.05, 3.63) is 30.1 Å². The minimum atomic E-state index is -0.232. The number of aromatic nitrogens is 1. The molecule has 0 bridgehead atoms. The van der Waals surface area contributed by atoms with Crippen molar-refractivity contribution < 1.29 is 9.59 Å². The Morgan fingerprint density at radius 2 is 2.10 bits per heavy atom. The quantitative estimate of drug-likeness (QED) is 0.836. The first-order chi connectivity index (χ1) is 9.71. The molecule has 1 aromatic heterocycles. The molecule has 0 unspecified atom stereocenters. The second-order valence-electron chi connectivity index (χ2n) is 5.67. The number of nitrogens with one attached hydrogen (secondary N) is 1. The van der Waals surface area contributed by atoms with Crippen molar-refractivity contribution in [3.63, 3.8) is 0 Å². The van der Waals surface area contributed by atoms with E-state index in [-0.39, 0.29) is 17.2 Å². The second-order valence-corrected chi connectivity index (χ2v) is 5.67. The van der Waals surface area contributed by atoms with Gasteiger partial charge in [-0.2, -0.15) is 0 Å². The Bertz CT molecular complexity index is 507. The van der Waals surface area contributed by atoms with E-state index in [4.69, 9.17) is 0 Å². The highest BCUT2D eigenvalue weighted by molar-refractivity contribution is 5.94. The average Bonchev–Trinajstić information content (AvgIpc) is 2.51. The zero-order chi connectivity index (χ0) is 14.0. The number of pyridine rings is 1. The van der Waals surface area contributed by atoms with E-state index < -0.39 is 0 Å². The summed E-state index contributed by atoms with van der Waals surface area (Å²) in [7, 11) is 0. The van der Waals surface area contributed by atoms with Gasteiger partial charge in [-0.1, -0.05) is 0 Å².